The molecule has 2 aromatic carbocycles. The number of para-hydroxylation sites is 1. The maximum Gasteiger partial charge on any atom is 0.344 e. The van der Waals surface area contributed by atoms with Gasteiger partial charge in [-0.3, -0.25) is 0 Å². The molecule has 7 rings (SSSR count). The van der Waals surface area contributed by atoms with Gasteiger partial charge in [0, 0.05) is 5.02 Å². The van der Waals surface area contributed by atoms with Gasteiger partial charge in [-0.25, -0.2) is 19.3 Å². The van der Waals surface area contributed by atoms with E-state index in [1.54, 1.807) is 37.4 Å². The lowest BCUT2D eigenvalue weighted by Gasteiger charge is -2.25. The average Bonchev–Trinajstić information content (AvgIpc) is 3.54. The summed E-state index contributed by atoms with van der Waals surface area (Å²) in [4.78, 5) is 22.7. The lowest BCUT2D eigenvalue weighted by atomic mass is 9.88. The molecule has 0 spiro atoms. The highest BCUT2D eigenvalue weighted by Gasteiger charge is 2.39. The highest BCUT2D eigenvalue weighted by Crippen LogP contribution is 2.49. The first-order valence-corrected chi connectivity index (χ1v) is 11.8. The monoisotopic (exact) mass is 512 g/mol. The Morgan fingerprint density at radius 2 is 1.92 bits per heavy atom. The number of rotatable bonds is 3. The normalized spacial score (nSPS) is 14.4. The van der Waals surface area contributed by atoms with Crippen molar-refractivity contribution >= 4 is 28.2 Å². The van der Waals surface area contributed by atoms with Gasteiger partial charge in [0.15, 0.2) is 17.2 Å². The van der Waals surface area contributed by atoms with Gasteiger partial charge in [-0.15, -0.1) is 5.10 Å². The summed E-state index contributed by atoms with van der Waals surface area (Å²) in [6, 6.07) is 16.1. The Bertz CT molecular complexity index is 1920. The Labute approximate surface area is 213 Å². The second kappa shape index (κ2) is 7.94. The average molecular weight is 513 g/mol. The third-order valence-corrected chi connectivity index (χ3v) is 6.65. The molecule has 1 unspecified atom stereocenters. The highest BCUT2D eigenvalue weighted by atomic mass is 35.5. The summed E-state index contributed by atoms with van der Waals surface area (Å²) in [7, 11) is 1.57. The van der Waals surface area contributed by atoms with Gasteiger partial charge in [-0.05, 0) is 49.4 Å². The number of hydrogen-bond donors (Lipinski definition) is 0. The van der Waals surface area contributed by atoms with Crippen LogP contribution in [0, 0.1) is 6.92 Å². The molecule has 5 heterocycles. The van der Waals surface area contributed by atoms with Gasteiger partial charge < -0.3 is 18.3 Å². The van der Waals surface area contributed by atoms with Crippen LogP contribution in [0.2, 0.25) is 5.02 Å². The van der Waals surface area contributed by atoms with E-state index in [1.165, 1.54) is 10.8 Å². The van der Waals surface area contributed by atoms with Crippen LogP contribution in [-0.2, 0) is 0 Å². The van der Waals surface area contributed by atoms with Crippen LogP contribution in [0.4, 0.5) is 0 Å². The molecule has 10 heteroatoms. The van der Waals surface area contributed by atoms with Crippen LogP contribution in [0.5, 0.6) is 17.4 Å². The summed E-state index contributed by atoms with van der Waals surface area (Å²) in [6.45, 7) is 1.84. The van der Waals surface area contributed by atoms with Crippen molar-refractivity contribution in [2.45, 2.75) is 12.8 Å². The smallest absolute Gasteiger partial charge is 0.344 e. The van der Waals surface area contributed by atoms with Crippen molar-refractivity contribution in [3.63, 3.8) is 0 Å². The number of benzene rings is 2. The highest BCUT2D eigenvalue weighted by molar-refractivity contribution is 6.30. The zero-order valence-corrected chi connectivity index (χ0v) is 20.3. The first-order chi connectivity index (χ1) is 18.0. The van der Waals surface area contributed by atoms with E-state index in [-0.39, 0.29) is 0 Å². The molecule has 1 aliphatic heterocycles. The van der Waals surface area contributed by atoms with Crippen molar-refractivity contribution in [2.24, 2.45) is 0 Å². The predicted molar refractivity (Wildman–Crippen MR) is 135 cm³/mol. The molecule has 0 aliphatic carbocycles. The summed E-state index contributed by atoms with van der Waals surface area (Å²) in [5, 5.41) is 5.79. The fourth-order valence-corrected chi connectivity index (χ4v) is 4.96. The third-order valence-electron chi connectivity index (χ3n) is 6.41. The fourth-order valence-electron chi connectivity index (χ4n) is 4.79. The standard InChI is InChI=1S/C27H17ClN4O5/c1-13-7-9-19(35-13)20-21-23(15-5-3-4-6-18(15)36-27(21)33)37-26-22(20)25-30-24(31-32(25)12-29-26)16-11-14(28)8-10-17(16)34-2/h3-12,20H,1-2H3. The molecule has 1 aliphatic rings. The molecule has 6 aromatic rings. The maximum atomic E-state index is 13.4. The van der Waals surface area contributed by atoms with E-state index in [0.717, 1.165) is 0 Å². The van der Waals surface area contributed by atoms with E-state index in [9.17, 15) is 4.79 Å². The molecule has 37 heavy (non-hydrogen) atoms. The Hall–Kier alpha value is -4.63. The summed E-state index contributed by atoms with van der Waals surface area (Å²) < 4.78 is 25.0. The number of halogens is 1. The number of methoxy groups -OCH3 is 1. The van der Waals surface area contributed by atoms with Gasteiger partial charge in [0.25, 0.3) is 0 Å². The lowest BCUT2D eigenvalue weighted by Crippen LogP contribution is -2.22. The third kappa shape index (κ3) is 3.24. The Morgan fingerprint density at radius 3 is 2.73 bits per heavy atom. The molecule has 0 saturated heterocycles. The first-order valence-electron chi connectivity index (χ1n) is 11.4. The SMILES string of the molecule is COc1ccc(Cl)cc1-c1nc2c3c(ncn2n1)Oc1c(c(=O)oc2ccccc12)C3c1ccc(C)o1. The summed E-state index contributed by atoms with van der Waals surface area (Å²) in [6.07, 6.45) is 1.52. The molecule has 0 bridgehead atoms. The van der Waals surface area contributed by atoms with Gasteiger partial charge in [-0.2, -0.15) is 0 Å². The number of furan rings is 1. The minimum Gasteiger partial charge on any atom is -0.496 e. The van der Waals surface area contributed by atoms with Gasteiger partial charge in [-0.1, -0.05) is 23.7 Å². The summed E-state index contributed by atoms with van der Waals surface area (Å²) in [5.74, 6) is 2.15. The minimum absolute atomic E-state index is 0.298. The number of hydrogen-bond acceptors (Lipinski definition) is 8. The van der Waals surface area contributed by atoms with E-state index >= 15 is 0 Å². The van der Waals surface area contributed by atoms with Crippen LogP contribution < -0.4 is 15.1 Å². The van der Waals surface area contributed by atoms with Crippen LogP contribution in [0.25, 0.3) is 28.0 Å². The molecule has 9 nitrogen and oxygen atoms in total. The number of nitrogens with zero attached hydrogens (tertiary/aromatic N) is 4. The van der Waals surface area contributed by atoms with E-state index in [4.69, 9.17) is 34.9 Å². The van der Waals surface area contributed by atoms with E-state index in [1.807, 2.05) is 31.2 Å². The Balaban J connectivity index is 1.54. The van der Waals surface area contributed by atoms with Gasteiger partial charge in [0.05, 0.1) is 35.1 Å². The molecular formula is C27H17ClN4O5. The lowest BCUT2D eigenvalue weighted by molar-refractivity contribution is 0.402. The quantitative estimate of drug-likeness (QED) is 0.276. The molecule has 0 N–H and O–H groups in total. The van der Waals surface area contributed by atoms with Crippen molar-refractivity contribution in [2.75, 3.05) is 7.11 Å². The van der Waals surface area contributed by atoms with Crippen LogP contribution in [0.1, 0.15) is 28.6 Å². The maximum absolute atomic E-state index is 13.4. The van der Waals surface area contributed by atoms with Crippen molar-refractivity contribution in [3.8, 4) is 28.8 Å². The van der Waals surface area contributed by atoms with Crippen molar-refractivity contribution in [1.82, 2.24) is 19.6 Å². The fraction of sp³-hybridized carbons (Fsp3) is 0.111. The summed E-state index contributed by atoms with van der Waals surface area (Å²) in [5.41, 5.74) is 1.78. The number of aromatic nitrogens is 4. The number of fused-ring (bicyclic) bond motifs is 6. The first kappa shape index (κ1) is 21.6. The van der Waals surface area contributed by atoms with Gasteiger partial charge >= 0.3 is 5.63 Å². The molecular weight excluding hydrogens is 496 g/mol. The Kier molecular flexibility index (Phi) is 4.64. The zero-order chi connectivity index (χ0) is 25.3. The van der Waals surface area contributed by atoms with E-state index in [2.05, 4.69) is 10.1 Å². The largest absolute Gasteiger partial charge is 0.496 e. The number of aryl methyl sites for hydroxylation is 1. The number of ether oxygens (including phenoxy) is 2. The molecule has 0 fully saturated rings. The van der Waals surface area contributed by atoms with Crippen LogP contribution in [-0.4, -0.2) is 26.7 Å². The molecule has 0 amide bonds. The Morgan fingerprint density at radius 1 is 1.05 bits per heavy atom. The second-order valence-electron chi connectivity index (χ2n) is 8.62. The molecule has 0 saturated carbocycles. The topological polar surface area (TPSA) is 105 Å². The zero-order valence-electron chi connectivity index (χ0n) is 19.6. The van der Waals surface area contributed by atoms with Crippen molar-refractivity contribution < 1.29 is 18.3 Å². The van der Waals surface area contributed by atoms with Crippen LogP contribution in [0.15, 0.2) is 74.6 Å². The van der Waals surface area contributed by atoms with Crippen molar-refractivity contribution in [1.29, 1.82) is 0 Å². The van der Waals surface area contributed by atoms with Gasteiger partial charge in [0.2, 0.25) is 5.88 Å². The van der Waals surface area contributed by atoms with E-state index in [0.29, 0.717) is 73.1 Å². The molecule has 182 valence electrons. The molecule has 0 radical (unpaired) electrons. The van der Waals surface area contributed by atoms with Gasteiger partial charge in [0.1, 0.15) is 29.2 Å². The van der Waals surface area contributed by atoms with E-state index < -0.39 is 11.5 Å². The molecule has 1 atom stereocenters. The van der Waals surface area contributed by atoms with Crippen LogP contribution in [0.3, 0.4) is 0 Å². The van der Waals surface area contributed by atoms with Crippen LogP contribution >= 0.6 is 11.6 Å². The molecule has 4 aromatic heterocycles. The minimum atomic E-state index is -0.692. The second-order valence-corrected chi connectivity index (χ2v) is 9.06. The van der Waals surface area contributed by atoms with Crippen molar-refractivity contribution in [3.05, 3.63) is 99.0 Å². The summed E-state index contributed by atoms with van der Waals surface area (Å²) >= 11 is 6.26. The predicted octanol–water partition coefficient (Wildman–Crippen LogP) is 5.75.